The van der Waals surface area contributed by atoms with Gasteiger partial charge in [0.15, 0.2) is 0 Å². The third-order valence-electron chi connectivity index (χ3n) is 3.76. The van der Waals surface area contributed by atoms with Crippen molar-refractivity contribution in [3.63, 3.8) is 0 Å². The van der Waals surface area contributed by atoms with Crippen LogP contribution in [-0.4, -0.2) is 26.1 Å². The van der Waals surface area contributed by atoms with Crippen LogP contribution in [0, 0.1) is 13.8 Å². The van der Waals surface area contributed by atoms with Gasteiger partial charge in [0.25, 0.3) is 0 Å². The maximum atomic E-state index is 12.1. The number of carbonyl (C=O) groups is 1. The molecule has 0 spiro atoms. The second kappa shape index (κ2) is 7.57. The number of amides is 1. The quantitative estimate of drug-likeness (QED) is 0.720. The summed E-state index contributed by atoms with van der Waals surface area (Å²) in [4.78, 5) is 20.3. The minimum absolute atomic E-state index is 0.0669. The smallest absolute Gasteiger partial charge is 0.224 e. The molecule has 2 N–H and O–H groups in total. The molecule has 3 aromatic heterocycles. The van der Waals surface area contributed by atoms with Crippen LogP contribution in [0.3, 0.4) is 0 Å². The van der Waals surface area contributed by atoms with E-state index in [9.17, 15) is 4.79 Å². The van der Waals surface area contributed by atoms with Crippen molar-refractivity contribution in [2.24, 2.45) is 0 Å². The number of H-pyrrole nitrogens is 1. The second-order valence-corrected chi connectivity index (χ2v) is 5.64. The fourth-order valence-corrected chi connectivity index (χ4v) is 2.45. The van der Waals surface area contributed by atoms with Gasteiger partial charge in [-0.15, -0.1) is 0 Å². The van der Waals surface area contributed by atoms with Crippen molar-refractivity contribution in [1.29, 1.82) is 0 Å². The lowest BCUT2D eigenvalue weighted by Gasteiger charge is -2.07. The Balaban J connectivity index is 1.53. The van der Waals surface area contributed by atoms with E-state index in [4.69, 9.17) is 4.74 Å². The van der Waals surface area contributed by atoms with Crippen LogP contribution in [0.2, 0.25) is 0 Å². The molecule has 3 rings (SSSR count). The minimum atomic E-state index is -0.0669. The van der Waals surface area contributed by atoms with Crippen LogP contribution >= 0.6 is 0 Å². The first-order valence-corrected chi connectivity index (χ1v) is 7.96. The van der Waals surface area contributed by atoms with Crippen LogP contribution in [0.4, 0.5) is 5.69 Å². The van der Waals surface area contributed by atoms with E-state index < -0.39 is 0 Å². The highest BCUT2D eigenvalue weighted by Crippen LogP contribution is 2.19. The molecule has 0 saturated heterocycles. The number of aromatic nitrogens is 4. The van der Waals surface area contributed by atoms with Gasteiger partial charge in [-0.3, -0.25) is 14.9 Å². The monoisotopic (exact) mass is 337 g/mol. The molecular formula is C18H19N5O2. The van der Waals surface area contributed by atoms with E-state index in [1.54, 1.807) is 42.9 Å². The number of carbonyl (C=O) groups excluding carboxylic acids is 1. The van der Waals surface area contributed by atoms with Gasteiger partial charge in [0.2, 0.25) is 11.8 Å². The average molecular weight is 337 g/mol. The predicted octanol–water partition coefficient (Wildman–Crippen LogP) is 3.18. The Bertz CT molecular complexity index is 824. The van der Waals surface area contributed by atoms with E-state index in [0.717, 1.165) is 17.0 Å². The summed E-state index contributed by atoms with van der Waals surface area (Å²) in [6.07, 6.45) is 5.88. The van der Waals surface area contributed by atoms with Crippen LogP contribution in [0.5, 0.6) is 11.6 Å². The van der Waals surface area contributed by atoms with Gasteiger partial charge in [0.05, 0.1) is 23.8 Å². The molecule has 0 aliphatic carbocycles. The summed E-state index contributed by atoms with van der Waals surface area (Å²) >= 11 is 0. The molecule has 3 aromatic rings. The highest BCUT2D eigenvalue weighted by molar-refractivity contribution is 5.90. The normalized spacial score (nSPS) is 10.5. The topological polar surface area (TPSA) is 92.8 Å². The molecule has 0 atom stereocenters. The number of nitrogens with zero attached hydrogens (tertiary/aromatic N) is 3. The first-order valence-electron chi connectivity index (χ1n) is 7.96. The molecular weight excluding hydrogens is 318 g/mol. The summed E-state index contributed by atoms with van der Waals surface area (Å²) in [7, 11) is 0. The van der Waals surface area contributed by atoms with Gasteiger partial charge in [0.1, 0.15) is 5.75 Å². The number of anilines is 1. The van der Waals surface area contributed by atoms with Gasteiger partial charge < -0.3 is 10.1 Å². The summed E-state index contributed by atoms with van der Waals surface area (Å²) < 4.78 is 5.56. The summed E-state index contributed by atoms with van der Waals surface area (Å²) in [5.41, 5.74) is 3.66. The molecule has 0 bridgehead atoms. The number of aromatic amines is 1. The zero-order valence-electron chi connectivity index (χ0n) is 14.1. The van der Waals surface area contributed by atoms with Crippen molar-refractivity contribution in [3.8, 4) is 11.6 Å². The lowest BCUT2D eigenvalue weighted by molar-refractivity contribution is -0.116. The molecule has 0 unspecified atom stereocenters. The Labute approximate surface area is 145 Å². The number of hydrogen-bond donors (Lipinski definition) is 2. The van der Waals surface area contributed by atoms with Gasteiger partial charge in [-0.05, 0) is 44.0 Å². The molecule has 7 nitrogen and oxygen atoms in total. The molecule has 25 heavy (non-hydrogen) atoms. The van der Waals surface area contributed by atoms with Gasteiger partial charge in [0, 0.05) is 24.4 Å². The molecule has 7 heteroatoms. The standard InChI is InChI=1S/C18H19N5O2/c1-12-16(13(2)23-22-12)6-7-17(24)21-14-5-8-18(20-10-14)25-15-4-3-9-19-11-15/h3-5,8-11H,6-7H2,1-2H3,(H,21,24)(H,22,23). The summed E-state index contributed by atoms with van der Waals surface area (Å²) in [6.45, 7) is 3.89. The highest BCUT2D eigenvalue weighted by Gasteiger charge is 2.10. The van der Waals surface area contributed by atoms with Crippen molar-refractivity contribution in [3.05, 3.63) is 59.8 Å². The van der Waals surface area contributed by atoms with Gasteiger partial charge >= 0.3 is 0 Å². The van der Waals surface area contributed by atoms with Crippen LogP contribution in [0.1, 0.15) is 23.4 Å². The SMILES string of the molecule is Cc1n[nH]c(C)c1CCC(=O)Nc1ccc(Oc2cccnc2)nc1. The maximum Gasteiger partial charge on any atom is 0.224 e. The van der Waals surface area contributed by atoms with E-state index in [1.165, 1.54) is 0 Å². The van der Waals surface area contributed by atoms with Crippen molar-refractivity contribution in [2.75, 3.05) is 5.32 Å². The summed E-state index contributed by atoms with van der Waals surface area (Å²) in [6, 6.07) is 7.04. The van der Waals surface area contributed by atoms with E-state index >= 15 is 0 Å². The van der Waals surface area contributed by atoms with E-state index in [1.807, 2.05) is 13.8 Å². The Morgan fingerprint density at radius 3 is 2.76 bits per heavy atom. The average Bonchev–Trinajstić information content (AvgIpc) is 2.94. The first-order chi connectivity index (χ1) is 12.1. The molecule has 0 aliphatic rings. The third-order valence-corrected chi connectivity index (χ3v) is 3.76. The Morgan fingerprint density at radius 1 is 1.24 bits per heavy atom. The van der Waals surface area contributed by atoms with Crippen LogP contribution in [0.25, 0.3) is 0 Å². The van der Waals surface area contributed by atoms with E-state index in [0.29, 0.717) is 30.2 Å². The van der Waals surface area contributed by atoms with Crippen LogP contribution < -0.4 is 10.1 Å². The number of nitrogens with one attached hydrogen (secondary N) is 2. The second-order valence-electron chi connectivity index (χ2n) is 5.64. The van der Waals surface area contributed by atoms with Gasteiger partial charge in [-0.2, -0.15) is 5.10 Å². The maximum absolute atomic E-state index is 12.1. The van der Waals surface area contributed by atoms with Crippen molar-refractivity contribution in [1.82, 2.24) is 20.2 Å². The van der Waals surface area contributed by atoms with Gasteiger partial charge in [-0.1, -0.05) is 0 Å². The Hall–Kier alpha value is -3.22. The number of aryl methyl sites for hydroxylation is 2. The Morgan fingerprint density at radius 2 is 2.12 bits per heavy atom. The molecule has 0 saturated carbocycles. The van der Waals surface area contributed by atoms with E-state index in [-0.39, 0.29) is 5.91 Å². The minimum Gasteiger partial charge on any atom is -0.437 e. The number of hydrogen-bond acceptors (Lipinski definition) is 5. The van der Waals surface area contributed by atoms with Gasteiger partial charge in [-0.25, -0.2) is 4.98 Å². The summed E-state index contributed by atoms with van der Waals surface area (Å²) in [5.74, 6) is 0.982. The predicted molar refractivity (Wildman–Crippen MR) is 93.6 cm³/mol. The Kier molecular flexibility index (Phi) is 5.03. The largest absolute Gasteiger partial charge is 0.437 e. The fraction of sp³-hybridized carbons (Fsp3) is 0.222. The van der Waals surface area contributed by atoms with Crippen molar-refractivity contribution >= 4 is 11.6 Å². The molecule has 0 aromatic carbocycles. The van der Waals surface area contributed by atoms with Crippen molar-refractivity contribution in [2.45, 2.75) is 26.7 Å². The van der Waals surface area contributed by atoms with Crippen molar-refractivity contribution < 1.29 is 9.53 Å². The number of rotatable bonds is 6. The first kappa shape index (κ1) is 16.6. The zero-order chi connectivity index (χ0) is 17.6. The molecule has 0 fully saturated rings. The highest BCUT2D eigenvalue weighted by atomic mass is 16.5. The lowest BCUT2D eigenvalue weighted by Crippen LogP contribution is -2.12. The number of ether oxygens (including phenoxy) is 1. The molecule has 0 radical (unpaired) electrons. The molecule has 1 amide bonds. The fourth-order valence-electron chi connectivity index (χ4n) is 2.45. The number of pyridine rings is 2. The molecule has 3 heterocycles. The zero-order valence-corrected chi connectivity index (χ0v) is 14.1. The van der Waals surface area contributed by atoms with E-state index in [2.05, 4.69) is 25.5 Å². The van der Waals surface area contributed by atoms with Crippen LogP contribution in [0.15, 0.2) is 42.9 Å². The molecule has 128 valence electrons. The molecule has 0 aliphatic heterocycles. The van der Waals surface area contributed by atoms with Crippen LogP contribution in [-0.2, 0) is 11.2 Å². The lowest BCUT2D eigenvalue weighted by atomic mass is 10.1. The summed E-state index contributed by atoms with van der Waals surface area (Å²) in [5, 5.41) is 9.90. The third kappa shape index (κ3) is 4.41.